The first-order valence-corrected chi connectivity index (χ1v) is 5.11. The average molecular weight is 194 g/mol. The molecule has 14 heavy (non-hydrogen) atoms. The standard InChI is InChI=1S/C11H18N2O/c1-2-3-4-5-11(14)13-9-10-6-7-12-8-10/h2-5,10,12H,6-9H2,1H3,(H,13,14)/b3-2+,5-4?. The van der Waals surface area contributed by atoms with E-state index in [1.54, 1.807) is 12.2 Å². The second-order valence-electron chi connectivity index (χ2n) is 3.49. The van der Waals surface area contributed by atoms with Crippen LogP contribution >= 0.6 is 0 Å². The van der Waals surface area contributed by atoms with Crippen LogP contribution in [-0.2, 0) is 4.79 Å². The van der Waals surface area contributed by atoms with Gasteiger partial charge >= 0.3 is 0 Å². The van der Waals surface area contributed by atoms with Crippen LogP contribution in [0.3, 0.4) is 0 Å². The van der Waals surface area contributed by atoms with Crippen molar-refractivity contribution < 1.29 is 4.79 Å². The van der Waals surface area contributed by atoms with Crippen molar-refractivity contribution in [2.75, 3.05) is 19.6 Å². The van der Waals surface area contributed by atoms with E-state index in [0.29, 0.717) is 5.92 Å². The SMILES string of the molecule is C/C=C/C=CC(=O)NCC1CCNC1. The molecule has 3 nitrogen and oxygen atoms in total. The molecule has 0 radical (unpaired) electrons. The van der Waals surface area contributed by atoms with E-state index in [0.717, 1.165) is 19.6 Å². The van der Waals surface area contributed by atoms with E-state index in [1.165, 1.54) is 6.42 Å². The number of carbonyl (C=O) groups excluding carboxylic acids is 1. The number of hydrogen-bond donors (Lipinski definition) is 2. The highest BCUT2D eigenvalue weighted by Gasteiger charge is 2.13. The normalized spacial score (nSPS) is 22.2. The van der Waals surface area contributed by atoms with Gasteiger partial charge in [0.05, 0.1) is 0 Å². The predicted molar refractivity (Wildman–Crippen MR) is 57.9 cm³/mol. The van der Waals surface area contributed by atoms with Gasteiger partial charge in [-0.3, -0.25) is 4.79 Å². The van der Waals surface area contributed by atoms with E-state index < -0.39 is 0 Å². The van der Waals surface area contributed by atoms with Gasteiger partial charge in [-0.25, -0.2) is 0 Å². The first-order chi connectivity index (χ1) is 6.83. The lowest BCUT2D eigenvalue weighted by atomic mass is 10.1. The highest BCUT2D eigenvalue weighted by atomic mass is 16.1. The van der Waals surface area contributed by atoms with Gasteiger partial charge in [0.15, 0.2) is 0 Å². The van der Waals surface area contributed by atoms with Crippen molar-refractivity contribution in [3.05, 3.63) is 24.3 Å². The van der Waals surface area contributed by atoms with E-state index >= 15 is 0 Å². The van der Waals surface area contributed by atoms with Gasteiger partial charge in [0.1, 0.15) is 0 Å². The van der Waals surface area contributed by atoms with Crippen LogP contribution < -0.4 is 10.6 Å². The number of amides is 1. The summed E-state index contributed by atoms with van der Waals surface area (Å²) in [5, 5.41) is 6.15. The third-order valence-electron chi connectivity index (χ3n) is 2.28. The van der Waals surface area contributed by atoms with E-state index in [2.05, 4.69) is 10.6 Å². The molecule has 1 saturated heterocycles. The lowest BCUT2D eigenvalue weighted by molar-refractivity contribution is -0.116. The Balaban J connectivity index is 2.13. The fraction of sp³-hybridized carbons (Fsp3) is 0.545. The molecule has 0 bridgehead atoms. The highest BCUT2D eigenvalue weighted by Crippen LogP contribution is 2.04. The summed E-state index contributed by atoms with van der Waals surface area (Å²) in [5.41, 5.74) is 0. The van der Waals surface area contributed by atoms with E-state index in [1.807, 2.05) is 19.1 Å². The van der Waals surface area contributed by atoms with Gasteiger partial charge in [-0.1, -0.05) is 18.2 Å². The summed E-state index contributed by atoms with van der Waals surface area (Å²) in [7, 11) is 0. The molecular formula is C11H18N2O. The molecule has 0 saturated carbocycles. The Labute approximate surface area is 85.3 Å². The molecular weight excluding hydrogens is 176 g/mol. The van der Waals surface area contributed by atoms with Crippen LogP contribution in [0, 0.1) is 5.92 Å². The van der Waals surface area contributed by atoms with Gasteiger partial charge in [-0.15, -0.1) is 0 Å². The Morgan fingerprint density at radius 2 is 2.43 bits per heavy atom. The van der Waals surface area contributed by atoms with Crippen molar-refractivity contribution >= 4 is 5.91 Å². The zero-order chi connectivity index (χ0) is 10.2. The van der Waals surface area contributed by atoms with Crippen LogP contribution in [0.2, 0.25) is 0 Å². The molecule has 1 fully saturated rings. The maximum atomic E-state index is 11.2. The summed E-state index contributed by atoms with van der Waals surface area (Å²) < 4.78 is 0. The summed E-state index contributed by atoms with van der Waals surface area (Å²) in [5.74, 6) is 0.601. The van der Waals surface area contributed by atoms with Crippen LogP contribution in [0.25, 0.3) is 0 Å². The summed E-state index contributed by atoms with van der Waals surface area (Å²) in [4.78, 5) is 11.2. The van der Waals surface area contributed by atoms with Crippen LogP contribution in [0.4, 0.5) is 0 Å². The maximum Gasteiger partial charge on any atom is 0.243 e. The van der Waals surface area contributed by atoms with Gasteiger partial charge in [-0.05, 0) is 32.4 Å². The fourth-order valence-corrected chi connectivity index (χ4v) is 1.45. The molecule has 1 heterocycles. The largest absolute Gasteiger partial charge is 0.352 e. The number of rotatable bonds is 4. The van der Waals surface area contributed by atoms with E-state index in [-0.39, 0.29) is 5.91 Å². The highest BCUT2D eigenvalue weighted by molar-refractivity contribution is 5.87. The van der Waals surface area contributed by atoms with Gasteiger partial charge in [0.25, 0.3) is 0 Å². The smallest absolute Gasteiger partial charge is 0.243 e. The van der Waals surface area contributed by atoms with Crippen molar-refractivity contribution in [3.63, 3.8) is 0 Å². The van der Waals surface area contributed by atoms with Crippen LogP contribution in [0.1, 0.15) is 13.3 Å². The molecule has 1 atom stereocenters. The minimum atomic E-state index is -0.00463. The van der Waals surface area contributed by atoms with Crippen LogP contribution in [0.5, 0.6) is 0 Å². The molecule has 0 aromatic carbocycles. The van der Waals surface area contributed by atoms with Crippen molar-refractivity contribution in [3.8, 4) is 0 Å². The Morgan fingerprint density at radius 1 is 1.57 bits per heavy atom. The molecule has 1 rings (SSSR count). The summed E-state index contributed by atoms with van der Waals surface area (Å²) in [6.07, 6.45) is 8.21. The summed E-state index contributed by atoms with van der Waals surface area (Å²) >= 11 is 0. The zero-order valence-electron chi connectivity index (χ0n) is 8.62. The van der Waals surface area contributed by atoms with E-state index in [9.17, 15) is 4.79 Å². The fourth-order valence-electron chi connectivity index (χ4n) is 1.45. The first-order valence-electron chi connectivity index (χ1n) is 5.11. The third kappa shape index (κ3) is 4.23. The van der Waals surface area contributed by atoms with Crippen LogP contribution in [0.15, 0.2) is 24.3 Å². The quantitative estimate of drug-likeness (QED) is 0.514. The number of nitrogens with one attached hydrogen (secondary N) is 2. The Hall–Kier alpha value is -1.09. The third-order valence-corrected chi connectivity index (χ3v) is 2.28. The molecule has 1 aliphatic rings. The molecule has 2 N–H and O–H groups in total. The molecule has 78 valence electrons. The molecule has 1 unspecified atom stereocenters. The second kappa shape index (κ2) is 6.38. The molecule has 0 aromatic heterocycles. The Kier molecular flexibility index (Phi) is 5.00. The molecule has 0 aromatic rings. The second-order valence-corrected chi connectivity index (χ2v) is 3.49. The van der Waals surface area contributed by atoms with Gasteiger partial charge in [-0.2, -0.15) is 0 Å². The van der Waals surface area contributed by atoms with Gasteiger partial charge in [0.2, 0.25) is 5.91 Å². The monoisotopic (exact) mass is 194 g/mol. The number of carbonyl (C=O) groups is 1. The molecule has 0 spiro atoms. The molecule has 1 aliphatic heterocycles. The molecule has 3 heteroatoms. The van der Waals surface area contributed by atoms with Crippen molar-refractivity contribution in [1.29, 1.82) is 0 Å². The first kappa shape index (κ1) is 11.0. The van der Waals surface area contributed by atoms with Gasteiger partial charge < -0.3 is 10.6 Å². The maximum absolute atomic E-state index is 11.2. The summed E-state index contributed by atoms with van der Waals surface area (Å²) in [6.45, 7) is 4.81. The number of hydrogen-bond acceptors (Lipinski definition) is 2. The van der Waals surface area contributed by atoms with Crippen LogP contribution in [-0.4, -0.2) is 25.5 Å². The topological polar surface area (TPSA) is 41.1 Å². The van der Waals surface area contributed by atoms with Gasteiger partial charge in [0, 0.05) is 12.6 Å². The van der Waals surface area contributed by atoms with Crippen molar-refractivity contribution in [2.24, 2.45) is 5.92 Å². The van der Waals surface area contributed by atoms with E-state index in [4.69, 9.17) is 0 Å². The lowest BCUT2D eigenvalue weighted by Crippen LogP contribution is -2.28. The van der Waals surface area contributed by atoms with Crippen molar-refractivity contribution in [1.82, 2.24) is 10.6 Å². The van der Waals surface area contributed by atoms with Crippen molar-refractivity contribution in [2.45, 2.75) is 13.3 Å². The molecule has 0 aliphatic carbocycles. The minimum absolute atomic E-state index is 0.00463. The lowest BCUT2D eigenvalue weighted by Gasteiger charge is -2.07. The summed E-state index contributed by atoms with van der Waals surface area (Å²) in [6, 6.07) is 0. The zero-order valence-corrected chi connectivity index (χ0v) is 8.62. The average Bonchev–Trinajstić information content (AvgIpc) is 2.68. The minimum Gasteiger partial charge on any atom is -0.352 e. The Morgan fingerprint density at radius 3 is 3.07 bits per heavy atom. The number of allylic oxidation sites excluding steroid dienone is 3. The molecule has 1 amide bonds. The Bertz CT molecular complexity index is 227. The predicted octanol–water partition coefficient (Wildman–Crippen LogP) is 0.844.